The van der Waals surface area contributed by atoms with Crippen molar-refractivity contribution in [2.75, 3.05) is 13.1 Å². The molecule has 2 saturated heterocycles. The van der Waals surface area contributed by atoms with E-state index in [1.165, 1.54) is 0 Å². The van der Waals surface area contributed by atoms with Crippen LogP contribution in [0.3, 0.4) is 0 Å². The van der Waals surface area contributed by atoms with E-state index in [9.17, 15) is 9.59 Å². The number of hydrogen-bond acceptors (Lipinski definition) is 3. The Balaban J connectivity index is 2.11. The van der Waals surface area contributed by atoms with Gasteiger partial charge in [-0.05, 0) is 39.7 Å². The standard InChI is InChI=1S/C13H22N2O2/c1-4-12(2,3)15-8-7-13(9-15)6-5-10(16)14-11(13)17/h4-9H2,1-3H3,(H,14,16,17). The Bertz CT molecular complexity index is 351. The van der Waals surface area contributed by atoms with Crippen molar-refractivity contribution in [2.24, 2.45) is 5.41 Å². The molecule has 1 unspecified atom stereocenters. The third-order valence-corrected chi connectivity index (χ3v) is 4.64. The fourth-order valence-electron chi connectivity index (χ4n) is 2.79. The van der Waals surface area contributed by atoms with Crippen LogP contribution in [0.15, 0.2) is 0 Å². The Morgan fingerprint density at radius 1 is 1.35 bits per heavy atom. The summed E-state index contributed by atoms with van der Waals surface area (Å²) in [7, 11) is 0. The van der Waals surface area contributed by atoms with Crippen molar-refractivity contribution >= 4 is 11.8 Å². The van der Waals surface area contributed by atoms with Gasteiger partial charge in [-0.2, -0.15) is 0 Å². The molecule has 1 atom stereocenters. The molecule has 2 amide bonds. The lowest BCUT2D eigenvalue weighted by molar-refractivity contribution is -0.141. The molecule has 0 aromatic carbocycles. The molecular formula is C13H22N2O2. The zero-order valence-corrected chi connectivity index (χ0v) is 11.0. The molecule has 2 fully saturated rings. The first kappa shape index (κ1) is 12.6. The first-order chi connectivity index (χ1) is 7.89. The van der Waals surface area contributed by atoms with Gasteiger partial charge < -0.3 is 0 Å². The summed E-state index contributed by atoms with van der Waals surface area (Å²) in [6.07, 6.45) is 3.17. The molecule has 2 heterocycles. The first-order valence-corrected chi connectivity index (χ1v) is 6.49. The molecule has 1 spiro atoms. The Hall–Kier alpha value is -0.900. The minimum Gasteiger partial charge on any atom is -0.297 e. The largest absolute Gasteiger partial charge is 0.297 e. The van der Waals surface area contributed by atoms with Crippen molar-refractivity contribution in [3.63, 3.8) is 0 Å². The number of rotatable bonds is 2. The molecule has 4 nitrogen and oxygen atoms in total. The van der Waals surface area contributed by atoms with Gasteiger partial charge in [0.05, 0.1) is 5.41 Å². The number of hydrogen-bond donors (Lipinski definition) is 1. The molecule has 2 aliphatic heterocycles. The van der Waals surface area contributed by atoms with Crippen LogP contribution in [-0.4, -0.2) is 35.3 Å². The summed E-state index contributed by atoms with van der Waals surface area (Å²) >= 11 is 0. The van der Waals surface area contributed by atoms with E-state index >= 15 is 0 Å². The predicted octanol–water partition coefficient (Wildman–Crippen LogP) is 1.30. The van der Waals surface area contributed by atoms with Crippen LogP contribution in [0.1, 0.15) is 46.5 Å². The van der Waals surface area contributed by atoms with Crippen LogP contribution >= 0.6 is 0 Å². The molecule has 1 N–H and O–H groups in total. The highest BCUT2D eigenvalue weighted by atomic mass is 16.2. The number of nitrogens with one attached hydrogen (secondary N) is 1. The highest BCUT2D eigenvalue weighted by Crippen LogP contribution is 2.40. The average molecular weight is 238 g/mol. The number of carbonyl (C=O) groups excluding carboxylic acids is 2. The molecule has 0 aromatic rings. The van der Waals surface area contributed by atoms with Crippen molar-refractivity contribution in [1.82, 2.24) is 10.2 Å². The molecule has 2 rings (SSSR count). The van der Waals surface area contributed by atoms with Crippen LogP contribution in [-0.2, 0) is 9.59 Å². The van der Waals surface area contributed by atoms with E-state index in [0.29, 0.717) is 12.8 Å². The zero-order valence-electron chi connectivity index (χ0n) is 11.0. The number of likely N-dealkylation sites (tertiary alicyclic amines) is 1. The lowest BCUT2D eigenvalue weighted by Crippen LogP contribution is -2.51. The van der Waals surface area contributed by atoms with E-state index in [4.69, 9.17) is 0 Å². The topological polar surface area (TPSA) is 49.4 Å². The Morgan fingerprint density at radius 2 is 2.06 bits per heavy atom. The lowest BCUT2D eigenvalue weighted by Gasteiger charge is -2.37. The molecule has 0 saturated carbocycles. The van der Waals surface area contributed by atoms with E-state index in [-0.39, 0.29) is 22.8 Å². The van der Waals surface area contributed by atoms with Gasteiger partial charge in [0.2, 0.25) is 11.8 Å². The van der Waals surface area contributed by atoms with Crippen LogP contribution in [0.2, 0.25) is 0 Å². The molecule has 4 heteroatoms. The number of amides is 2. The van der Waals surface area contributed by atoms with Gasteiger partial charge in [0.25, 0.3) is 0 Å². The van der Waals surface area contributed by atoms with Gasteiger partial charge in [-0.15, -0.1) is 0 Å². The number of nitrogens with zero attached hydrogens (tertiary/aromatic N) is 1. The molecule has 96 valence electrons. The number of piperidine rings is 1. The number of carbonyl (C=O) groups is 2. The van der Waals surface area contributed by atoms with Gasteiger partial charge in [-0.25, -0.2) is 0 Å². The minimum atomic E-state index is -0.305. The Labute approximate surface area is 103 Å². The van der Waals surface area contributed by atoms with Gasteiger partial charge in [-0.1, -0.05) is 6.92 Å². The van der Waals surface area contributed by atoms with Crippen molar-refractivity contribution in [1.29, 1.82) is 0 Å². The molecular weight excluding hydrogens is 216 g/mol. The maximum atomic E-state index is 12.0. The minimum absolute atomic E-state index is 0.0526. The van der Waals surface area contributed by atoms with E-state index in [1.54, 1.807) is 0 Å². The molecule has 0 radical (unpaired) electrons. The Kier molecular flexibility index (Phi) is 3.02. The summed E-state index contributed by atoms with van der Waals surface area (Å²) in [6, 6.07) is 0. The fraction of sp³-hybridized carbons (Fsp3) is 0.846. The van der Waals surface area contributed by atoms with Crippen LogP contribution < -0.4 is 5.32 Å². The zero-order chi connectivity index (χ0) is 12.7. The lowest BCUT2D eigenvalue weighted by atomic mass is 9.79. The summed E-state index contributed by atoms with van der Waals surface area (Å²) in [5, 5.41) is 2.50. The van der Waals surface area contributed by atoms with Gasteiger partial charge >= 0.3 is 0 Å². The molecule has 0 aromatic heterocycles. The summed E-state index contributed by atoms with van der Waals surface area (Å²) in [4.78, 5) is 25.6. The van der Waals surface area contributed by atoms with Gasteiger partial charge in [0.1, 0.15) is 0 Å². The SMILES string of the molecule is CCC(C)(C)N1CCC2(CCC(=O)NC2=O)C1. The first-order valence-electron chi connectivity index (χ1n) is 6.49. The fourth-order valence-corrected chi connectivity index (χ4v) is 2.79. The van der Waals surface area contributed by atoms with Crippen molar-refractivity contribution in [2.45, 2.75) is 52.0 Å². The Morgan fingerprint density at radius 3 is 2.65 bits per heavy atom. The number of imide groups is 1. The summed E-state index contributed by atoms with van der Waals surface area (Å²) in [5.74, 6) is -0.169. The van der Waals surface area contributed by atoms with Gasteiger partial charge in [0, 0.05) is 18.5 Å². The second-order valence-electron chi connectivity index (χ2n) is 6.00. The van der Waals surface area contributed by atoms with E-state index in [2.05, 4.69) is 31.0 Å². The summed E-state index contributed by atoms with van der Waals surface area (Å²) in [6.45, 7) is 8.38. The van der Waals surface area contributed by atoms with E-state index in [1.807, 2.05) is 0 Å². The average Bonchev–Trinajstić information content (AvgIpc) is 2.71. The monoisotopic (exact) mass is 238 g/mol. The van der Waals surface area contributed by atoms with Gasteiger partial charge in [-0.3, -0.25) is 19.8 Å². The molecule has 0 bridgehead atoms. The van der Waals surface area contributed by atoms with Crippen LogP contribution in [0.25, 0.3) is 0 Å². The van der Waals surface area contributed by atoms with Crippen molar-refractivity contribution < 1.29 is 9.59 Å². The third kappa shape index (κ3) is 2.10. The second-order valence-corrected chi connectivity index (χ2v) is 6.00. The quantitative estimate of drug-likeness (QED) is 0.738. The highest BCUT2D eigenvalue weighted by Gasteiger charge is 2.49. The highest BCUT2D eigenvalue weighted by molar-refractivity contribution is 6.00. The molecule has 0 aliphatic carbocycles. The van der Waals surface area contributed by atoms with Crippen LogP contribution in [0, 0.1) is 5.41 Å². The smallest absolute Gasteiger partial charge is 0.234 e. The van der Waals surface area contributed by atoms with E-state index < -0.39 is 0 Å². The normalized spacial score (nSPS) is 31.0. The predicted molar refractivity (Wildman–Crippen MR) is 65.4 cm³/mol. The molecule has 2 aliphatic rings. The van der Waals surface area contributed by atoms with Gasteiger partial charge in [0.15, 0.2) is 0 Å². The van der Waals surface area contributed by atoms with E-state index in [0.717, 1.165) is 25.9 Å². The summed E-state index contributed by atoms with van der Waals surface area (Å²) < 4.78 is 0. The van der Waals surface area contributed by atoms with Crippen molar-refractivity contribution in [3.05, 3.63) is 0 Å². The second kappa shape index (κ2) is 4.09. The maximum Gasteiger partial charge on any atom is 0.234 e. The summed E-state index contributed by atoms with van der Waals surface area (Å²) in [5.41, 5.74) is -0.161. The molecule has 17 heavy (non-hydrogen) atoms. The van der Waals surface area contributed by atoms with Crippen LogP contribution in [0.4, 0.5) is 0 Å². The maximum absolute atomic E-state index is 12.0. The van der Waals surface area contributed by atoms with Crippen molar-refractivity contribution in [3.8, 4) is 0 Å². The van der Waals surface area contributed by atoms with Crippen LogP contribution in [0.5, 0.6) is 0 Å². The third-order valence-electron chi connectivity index (χ3n) is 4.64.